The van der Waals surface area contributed by atoms with Gasteiger partial charge in [0, 0.05) is 0 Å². The van der Waals surface area contributed by atoms with Crippen LogP contribution in [0, 0.1) is 0 Å². The third-order valence-corrected chi connectivity index (χ3v) is 0.735. The van der Waals surface area contributed by atoms with Crippen LogP contribution in [0.3, 0.4) is 0 Å². The van der Waals surface area contributed by atoms with Gasteiger partial charge >= 0.3 is 0 Å². The van der Waals surface area contributed by atoms with Crippen LogP contribution in [0.4, 0.5) is 0 Å². The van der Waals surface area contributed by atoms with Crippen LogP contribution >= 0.6 is 28.3 Å². The van der Waals surface area contributed by atoms with Crippen molar-refractivity contribution < 1.29 is 5.11 Å². The van der Waals surface area contributed by atoms with Gasteiger partial charge in [0.2, 0.25) is 0 Å². The van der Waals surface area contributed by atoms with Crippen LogP contribution in [0.15, 0.2) is 0 Å². The Bertz CT molecular complexity index is 45.3. The van der Waals surface area contributed by atoms with Gasteiger partial charge in [-0.1, -0.05) is 15.9 Å². The Labute approximate surface area is 64.2 Å². The second-order valence-corrected chi connectivity index (χ2v) is 2.83. The van der Waals surface area contributed by atoms with Crippen molar-refractivity contribution in [3.05, 3.63) is 0 Å². The number of aliphatic hydroxyl groups excluding tert-OH is 1. The Hall–Kier alpha value is 0.690. The monoisotopic (exact) mass is 203 g/mol. The van der Waals surface area contributed by atoms with Crippen LogP contribution in [0.1, 0.15) is 13.8 Å². The van der Waals surface area contributed by atoms with E-state index in [2.05, 4.69) is 21.2 Å². The number of halogens is 2. The lowest BCUT2D eigenvalue weighted by molar-refractivity contribution is 0.156. The summed E-state index contributed by atoms with van der Waals surface area (Å²) in [5.41, 5.74) is 0. The first-order valence-electron chi connectivity index (χ1n) is 2.21. The zero-order valence-electron chi connectivity index (χ0n) is 4.89. The van der Waals surface area contributed by atoms with Crippen molar-refractivity contribution in [2.75, 3.05) is 0 Å². The minimum Gasteiger partial charge on any atom is -0.379 e. The summed E-state index contributed by atoms with van der Waals surface area (Å²) in [6.07, 6.45) is -0.422. The highest BCUT2D eigenvalue weighted by molar-refractivity contribution is 9.09. The number of rotatable bonds is 2. The first-order chi connectivity index (χ1) is 3.13. The minimum absolute atomic E-state index is 0. The van der Waals surface area contributed by atoms with Crippen LogP contribution in [0.25, 0.3) is 0 Å². The van der Waals surface area contributed by atoms with Gasteiger partial charge < -0.3 is 5.11 Å². The second kappa shape index (κ2) is 5.82. The second-order valence-electron chi connectivity index (χ2n) is 1.46. The molecule has 2 nitrogen and oxygen atoms in total. The highest BCUT2D eigenvalue weighted by atomic mass is 79.9. The maximum atomic E-state index is 8.58. The molecule has 0 radical (unpaired) electrons. The van der Waals surface area contributed by atoms with Crippen molar-refractivity contribution in [1.82, 2.24) is 5.32 Å². The zero-order chi connectivity index (χ0) is 5.86. The summed E-state index contributed by atoms with van der Waals surface area (Å²) in [6.45, 7) is 3.59. The van der Waals surface area contributed by atoms with Gasteiger partial charge in [-0.15, -0.1) is 12.4 Å². The fourth-order valence-electron chi connectivity index (χ4n) is 0.332. The largest absolute Gasteiger partial charge is 0.379 e. The van der Waals surface area contributed by atoms with E-state index in [0.29, 0.717) is 0 Å². The lowest BCUT2D eigenvalue weighted by atomic mass is 10.6. The highest BCUT2D eigenvalue weighted by Crippen LogP contribution is 1.91. The van der Waals surface area contributed by atoms with Gasteiger partial charge in [0.15, 0.2) is 0 Å². The summed E-state index contributed by atoms with van der Waals surface area (Å²) in [5.74, 6) is 0. The number of hydrogen-bond acceptors (Lipinski definition) is 2. The van der Waals surface area contributed by atoms with E-state index in [1.807, 2.05) is 6.92 Å². The normalized spacial score (nSPS) is 16.5. The molecule has 0 aromatic heterocycles. The molecule has 0 heterocycles. The average Bonchev–Trinajstić information content (AvgIpc) is 1.27. The van der Waals surface area contributed by atoms with Crippen LogP contribution in [0.5, 0.6) is 0 Å². The van der Waals surface area contributed by atoms with Crippen molar-refractivity contribution in [2.45, 2.75) is 25.0 Å². The fourth-order valence-corrected chi connectivity index (χ4v) is 0.715. The summed E-state index contributed by atoms with van der Waals surface area (Å²) in [7, 11) is 0. The number of aliphatic hydroxyl groups is 1. The molecule has 8 heavy (non-hydrogen) atoms. The van der Waals surface area contributed by atoms with E-state index in [-0.39, 0.29) is 17.4 Å². The lowest BCUT2D eigenvalue weighted by Gasteiger charge is -2.07. The summed E-state index contributed by atoms with van der Waals surface area (Å²) >= 11 is 3.20. The molecule has 0 rings (SSSR count). The van der Waals surface area contributed by atoms with Crippen molar-refractivity contribution in [1.29, 1.82) is 0 Å². The van der Waals surface area contributed by atoms with Gasteiger partial charge in [0.25, 0.3) is 0 Å². The third-order valence-electron chi connectivity index (χ3n) is 0.471. The fraction of sp³-hybridized carbons (Fsp3) is 1.00. The standard InChI is InChI=1S/C4H10BrNO.ClH/c1-3(5)6-4(2)7;/h3-4,6-7H,1-2H3;1H. The van der Waals surface area contributed by atoms with Gasteiger partial charge in [0.05, 0.1) is 4.95 Å². The summed E-state index contributed by atoms with van der Waals surface area (Å²) in [6, 6.07) is 0. The molecule has 0 aromatic carbocycles. The predicted octanol–water partition coefficient (Wildman–Crippen LogP) is 1.08. The van der Waals surface area contributed by atoms with Gasteiger partial charge in [-0.25, -0.2) is 0 Å². The molecule has 0 amide bonds. The maximum absolute atomic E-state index is 8.58. The Morgan fingerprint density at radius 2 is 1.88 bits per heavy atom. The first-order valence-corrected chi connectivity index (χ1v) is 3.12. The molecule has 0 aliphatic carbocycles. The van der Waals surface area contributed by atoms with Crippen molar-refractivity contribution in [3.8, 4) is 0 Å². The van der Waals surface area contributed by atoms with Crippen molar-refractivity contribution >= 4 is 28.3 Å². The molecule has 0 fully saturated rings. The summed E-state index contributed by atoms with van der Waals surface area (Å²) in [5, 5.41) is 11.4. The average molecular weight is 204 g/mol. The van der Waals surface area contributed by atoms with Crippen LogP contribution in [-0.2, 0) is 0 Å². The molecular weight excluding hydrogens is 193 g/mol. The van der Waals surface area contributed by atoms with Crippen LogP contribution in [-0.4, -0.2) is 16.3 Å². The quantitative estimate of drug-likeness (QED) is 0.401. The molecule has 2 unspecified atom stereocenters. The minimum atomic E-state index is -0.422. The van der Waals surface area contributed by atoms with E-state index in [0.717, 1.165) is 0 Å². The van der Waals surface area contributed by atoms with E-state index in [1.165, 1.54) is 0 Å². The topological polar surface area (TPSA) is 32.3 Å². The molecular formula is C4H11BrClNO. The van der Waals surface area contributed by atoms with Crippen LogP contribution < -0.4 is 5.32 Å². The third kappa shape index (κ3) is 9.85. The molecule has 0 saturated carbocycles. The van der Waals surface area contributed by atoms with E-state index in [4.69, 9.17) is 5.11 Å². The maximum Gasteiger partial charge on any atom is 0.102 e. The molecule has 0 aliphatic heterocycles. The Morgan fingerprint density at radius 3 is 1.88 bits per heavy atom. The van der Waals surface area contributed by atoms with Gasteiger partial charge in [-0.3, -0.25) is 5.32 Å². The molecule has 52 valence electrons. The van der Waals surface area contributed by atoms with Gasteiger partial charge in [-0.2, -0.15) is 0 Å². The lowest BCUT2D eigenvalue weighted by Crippen LogP contribution is -2.29. The van der Waals surface area contributed by atoms with E-state index in [9.17, 15) is 0 Å². The van der Waals surface area contributed by atoms with Crippen molar-refractivity contribution in [3.63, 3.8) is 0 Å². The van der Waals surface area contributed by atoms with E-state index < -0.39 is 6.23 Å². The molecule has 0 saturated heterocycles. The van der Waals surface area contributed by atoms with Gasteiger partial charge in [-0.05, 0) is 13.8 Å². The SMILES string of the molecule is CC(O)NC(C)Br.Cl. The summed E-state index contributed by atoms with van der Waals surface area (Å²) in [4.78, 5) is 0.187. The van der Waals surface area contributed by atoms with Crippen molar-refractivity contribution in [2.24, 2.45) is 0 Å². The Balaban J connectivity index is 0. The highest BCUT2D eigenvalue weighted by Gasteiger charge is 1.95. The zero-order valence-corrected chi connectivity index (χ0v) is 7.29. The molecule has 0 spiro atoms. The van der Waals surface area contributed by atoms with Crippen LogP contribution in [0.2, 0.25) is 0 Å². The molecule has 0 aromatic rings. The molecule has 0 bridgehead atoms. The molecule has 2 atom stereocenters. The molecule has 2 N–H and O–H groups in total. The Morgan fingerprint density at radius 1 is 1.50 bits per heavy atom. The Kier molecular flexibility index (Phi) is 8.35. The molecule has 4 heteroatoms. The van der Waals surface area contributed by atoms with E-state index >= 15 is 0 Å². The summed E-state index contributed by atoms with van der Waals surface area (Å²) < 4.78 is 0. The first kappa shape index (κ1) is 11.5. The smallest absolute Gasteiger partial charge is 0.102 e. The number of alkyl halides is 1. The predicted molar refractivity (Wildman–Crippen MR) is 40.5 cm³/mol. The number of nitrogens with one attached hydrogen (secondary N) is 1. The molecule has 0 aliphatic rings. The number of hydrogen-bond donors (Lipinski definition) is 2. The van der Waals surface area contributed by atoms with Gasteiger partial charge in [0.1, 0.15) is 6.23 Å². The van der Waals surface area contributed by atoms with E-state index in [1.54, 1.807) is 6.92 Å².